The van der Waals surface area contributed by atoms with Crippen LogP contribution in [0.25, 0.3) is 0 Å². The van der Waals surface area contributed by atoms with E-state index < -0.39 is 0 Å². The van der Waals surface area contributed by atoms with Gasteiger partial charge in [0.05, 0.1) is 18.2 Å². The summed E-state index contributed by atoms with van der Waals surface area (Å²) in [6, 6.07) is 12.8. The quantitative estimate of drug-likeness (QED) is 0.531. The minimum atomic E-state index is -0.376. The second-order valence-corrected chi connectivity index (χ2v) is 7.69. The lowest BCUT2D eigenvalue weighted by atomic mass is 10.0. The molecule has 4 rings (SSSR count). The summed E-state index contributed by atoms with van der Waals surface area (Å²) in [6.45, 7) is 7.33. The average molecular weight is 419 g/mol. The lowest BCUT2D eigenvalue weighted by molar-refractivity contribution is 0.0627. The molecule has 0 radical (unpaired) electrons. The predicted molar refractivity (Wildman–Crippen MR) is 116 cm³/mol. The first-order chi connectivity index (χ1) is 15.0. The first-order valence-electron chi connectivity index (χ1n) is 10.3. The number of methoxy groups -OCH3 is 1. The summed E-state index contributed by atoms with van der Waals surface area (Å²) in [4.78, 5) is 43.1. The number of nitrogens with zero attached hydrogens (tertiary/aromatic N) is 3. The molecule has 2 aromatic carbocycles. The number of hydrogen-bond donors (Lipinski definition) is 0. The molecule has 3 amide bonds. The number of carbonyl (C=O) groups is 3. The van der Waals surface area contributed by atoms with E-state index in [4.69, 9.17) is 4.74 Å². The van der Waals surface area contributed by atoms with Gasteiger partial charge in [-0.3, -0.25) is 24.2 Å². The lowest BCUT2D eigenvalue weighted by Crippen LogP contribution is -2.48. The van der Waals surface area contributed by atoms with Gasteiger partial charge >= 0.3 is 0 Å². The van der Waals surface area contributed by atoms with Crippen molar-refractivity contribution >= 4 is 17.7 Å². The number of piperazine rings is 1. The molecule has 7 heteroatoms. The maximum Gasteiger partial charge on any atom is 0.261 e. The Morgan fingerprint density at radius 1 is 1.00 bits per heavy atom. The largest absolute Gasteiger partial charge is 0.497 e. The molecule has 0 aromatic heterocycles. The van der Waals surface area contributed by atoms with Gasteiger partial charge in [0, 0.05) is 44.8 Å². The van der Waals surface area contributed by atoms with Gasteiger partial charge in [-0.2, -0.15) is 0 Å². The van der Waals surface area contributed by atoms with Gasteiger partial charge in [0.25, 0.3) is 17.7 Å². The van der Waals surface area contributed by atoms with Crippen molar-refractivity contribution in [1.82, 2.24) is 14.7 Å². The van der Waals surface area contributed by atoms with E-state index in [-0.39, 0.29) is 29.8 Å². The van der Waals surface area contributed by atoms with E-state index in [1.165, 1.54) is 11.6 Å². The van der Waals surface area contributed by atoms with Crippen LogP contribution in [-0.2, 0) is 6.54 Å². The Labute approximate surface area is 181 Å². The molecule has 7 nitrogen and oxygen atoms in total. The van der Waals surface area contributed by atoms with E-state index in [2.05, 4.69) is 23.6 Å². The van der Waals surface area contributed by atoms with Gasteiger partial charge in [-0.05, 0) is 35.9 Å². The highest BCUT2D eigenvalue weighted by Gasteiger charge is 2.35. The van der Waals surface area contributed by atoms with E-state index in [0.29, 0.717) is 24.2 Å². The Morgan fingerprint density at radius 2 is 1.68 bits per heavy atom. The Hall–Kier alpha value is -3.45. The molecular formula is C24H25N3O4. The third-order valence-electron chi connectivity index (χ3n) is 5.75. The van der Waals surface area contributed by atoms with Crippen LogP contribution in [0.2, 0.25) is 0 Å². The third kappa shape index (κ3) is 4.09. The second kappa shape index (κ2) is 8.73. The molecule has 0 spiro atoms. The van der Waals surface area contributed by atoms with Crippen molar-refractivity contribution in [2.45, 2.75) is 6.54 Å². The zero-order chi connectivity index (χ0) is 22.0. The summed E-state index contributed by atoms with van der Waals surface area (Å²) in [5.41, 5.74) is 2.26. The average Bonchev–Trinajstić information content (AvgIpc) is 3.04. The van der Waals surface area contributed by atoms with Gasteiger partial charge < -0.3 is 9.64 Å². The van der Waals surface area contributed by atoms with Crippen molar-refractivity contribution in [1.29, 1.82) is 0 Å². The number of rotatable bonds is 6. The number of amides is 3. The minimum absolute atomic E-state index is 0.116. The standard InChI is InChI=1S/C24H25N3O4/c1-3-10-27-23(29)20-9-6-18(15-21(20)24(27)30)22(28)26-13-11-25(12-14-26)16-17-4-7-19(31-2)8-5-17/h3-9,15H,1,10-14,16H2,2H3. The number of imide groups is 1. The maximum absolute atomic E-state index is 13.0. The third-order valence-corrected chi connectivity index (χ3v) is 5.75. The molecule has 2 aliphatic heterocycles. The van der Waals surface area contributed by atoms with Gasteiger partial charge in [-0.15, -0.1) is 6.58 Å². The van der Waals surface area contributed by atoms with Crippen LogP contribution >= 0.6 is 0 Å². The predicted octanol–water partition coefficient (Wildman–Crippen LogP) is 2.44. The molecule has 0 saturated carbocycles. The summed E-state index contributed by atoms with van der Waals surface area (Å²) in [5.74, 6) is 0.000491. The van der Waals surface area contributed by atoms with Crippen LogP contribution in [0.4, 0.5) is 0 Å². The normalized spacial score (nSPS) is 16.4. The monoisotopic (exact) mass is 419 g/mol. The Morgan fingerprint density at radius 3 is 2.32 bits per heavy atom. The summed E-state index contributed by atoms with van der Waals surface area (Å²) in [6.07, 6.45) is 1.51. The molecule has 0 bridgehead atoms. The lowest BCUT2D eigenvalue weighted by Gasteiger charge is -2.34. The van der Waals surface area contributed by atoms with Crippen molar-refractivity contribution in [3.8, 4) is 5.75 Å². The molecule has 2 heterocycles. The highest BCUT2D eigenvalue weighted by atomic mass is 16.5. The topological polar surface area (TPSA) is 70.2 Å². The molecule has 0 aliphatic carbocycles. The molecule has 0 atom stereocenters. The van der Waals surface area contributed by atoms with Crippen LogP contribution in [0, 0.1) is 0 Å². The van der Waals surface area contributed by atoms with Crippen molar-refractivity contribution in [3.63, 3.8) is 0 Å². The molecule has 1 saturated heterocycles. The van der Waals surface area contributed by atoms with Gasteiger partial charge in [0.2, 0.25) is 0 Å². The van der Waals surface area contributed by atoms with Crippen molar-refractivity contribution in [3.05, 3.63) is 77.4 Å². The summed E-state index contributed by atoms with van der Waals surface area (Å²) in [5, 5.41) is 0. The Balaban J connectivity index is 1.39. The number of hydrogen-bond acceptors (Lipinski definition) is 5. The number of fused-ring (bicyclic) bond motifs is 1. The molecule has 0 unspecified atom stereocenters. The van der Waals surface area contributed by atoms with E-state index in [1.807, 2.05) is 12.1 Å². The van der Waals surface area contributed by atoms with Gasteiger partial charge in [-0.25, -0.2) is 0 Å². The minimum Gasteiger partial charge on any atom is -0.497 e. The van der Waals surface area contributed by atoms with Crippen LogP contribution in [0.15, 0.2) is 55.1 Å². The number of benzene rings is 2. The van der Waals surface area contributed by atoms with Crippen LogP contribution in [0.5, 0.6) is 5.75 Å². The first-order valence-corrected chi connectivity index (χ1v) is 10.3. The molecule has 1 fully saturated rings. The first kappa shape index (κ1) is 20.8. The van der Waals surface area contributed by atoms with Crippen LogP contribution in [-0.4, -0.2) is 72.3 Å². The van der Waals surface area contributed by atoms with E-state index >= 15 is 0 Å². The van der Waals surface area contributed by atoms with Crippen LogP contribution < -0.4 is 4.74 Å². The van der Waals surface area contributed by atoms with Crippen molar-refractivity contribution in [2.24, 2.45) is 0 Å². The maximum atomic E-state index is 13.0. The summed E-state index contributed by atoms with van der Waals surface area (Å²) >= 11 is 0. The SMILES string of the molecule is C=CCN1C(=O)c2ccc(C(=O)N3CCN(Cc4ccc(OC)cc4)CC3)cc2C1=O. The van der Waals surface area contributed by atoms with Crippen molar-refractivity contribution < 1.29 is 19.1 Å². The molecular weight excluding hydrogens is 394 g/mol. The summed E-state index contributed by atoms with van der Waals surface area (Å²) in [7, 11) is 1.65. The molecule has 160 valence electrons. The van der Waals surface area contributed by atoms with Crippen LogP contribution in [0.1, 0.15) is 36.6 Å². The van der Waals surface area contributed by atoms with Gasteiger partial charge in [0.1, 0.15) is 5.75 Å². The molecule has 2 aromatic rings. The van der Waals surface area contributed by atoms with Crippen molar-refractivity contribution in [2.75, 3.05) is 39.8 Å². The van der Waals surface area contributed by atoms with Gasteiger partial charge in [-0.1, -0.05) is 18.2 Å². The zero-order valence-corrected chi connectivity index (χ0v) is 17.5. The molecule has 2 aliphatic rings. The highest BCUT2D eigenvalue weighted by Crippen LogP contribution is 2.25. The van der Waals surface area contributed by atoms with E-state index in [0.717, 1.165) is 30.3 Å². The second-order valence-electron chi connectivity index (χ2n) is 7.69. The molecule has 0 N–H and O–H groups in total. The van der Waals surface area contributed by atoms with Gasteiger partial charge in [0.15, 0.2) is 0 Å². The number of ether oxygens (including phenoxy) is 1. The molecule has 31 heavy (non-hydrogen) atoms. The Kier molecular flexibility index (Phi) is 5.86. The zero-order valence-electron chi connectivity index (χ0n) is 17.5. The fraction of sp³-hybridized carbons (Fsp3) is 0.292. The number of carbonyl (C=O) groups excluding carboxylic acids is 3. The van der Waals surface area contributed by atoms with E-state index in [1.54, 1.807) is 30.2 Å². The van der Waals surface area contributed by atoms with Crippen LogP contribution in [0.3, 0.4) is 0 Å². The summed E-state index contributed by atoms with van der Waals surface area (Å²) < 4.78 is 5.20. The van der Waals surface area contributed by atoms with E-state index in [9.17, 15) is 14.4 Å². The Bertz CT molecular complexity index is 1020. The highest BCUT2D eigenvalue weighted by molar-refractivity contribution is 6.22. The fourth-order valence-electron chi connectivity index (χ4n) is 4.00. The smallest absolute Gasteiger partial charge is 0.261 e. The fourth-order valence-corrected chi connectivity index (χ4v) is 4.00.